The van der Waals surface area contributed by atoms with Crippen LogP contribution >= 0.6 is 11.3 Å². The second kappa shape index (κ2) is 6.03. The summed E-state index contributed by atoms with van der Waals surface area (Å²) in [5, 5.41) is 0. The molecule has 112 valence electrons. The normalized spacial score (nSPS) is 11.6. The molecule has 0 aliphatic heterocycles. The van der Waals surface area contributed by atoms with E-state index in [0.29, 0.717) is 10.9 Å². The lowest BCUT2D eigenvalue weighted by molar-refractivity contribution is 0.102. The number of rotatable bonds is 5. The number of aryl methyl sites for hydroxylation is 1. The molecule has 0 aliphatic carbocycles. The topological polar surface area (TPSA) is 51.2 Å². The summed E-state index contributed by atoms with van der Waals surface area (Å²) in [7, 11) is -3.99. The van der Waals surface area contributed by atoms with Crippen LogP contribution in [0.15, 0.2) is 35.2 Å². The average Bonchev–Trinajstić information content (AvgIpc) is 2.90. The van der Waals surface area contributed by atoms with Gasteiger partial charge in [-0.15, -0.1) is 11.3 Å². The lowest BCUT2D eigenvalue weighted by atomic mass is 10.3. The minimum absolute atomic E-state index is 0.345. The molecule has 0 unspecified atom stereocenters. The first-order chi connectivity index (χ1) is 9.83. The molecule has 1 aromatic heterocycles. The Labute approximate surface area is 125 Å². The molecule has 0 fully saturated rings. The molecule has 1 aromatic carbocycles. The Morgan fingerprint density at radius 3 is 2.43 bits per heavy atom. The highest BCUT2D eigenvalue weighted by Crippen LogP contribution is 2.20. The van der Waals surface area contributed by atoms with Crippen LogP contribution in [0.25, 0.3) is 0 Å². The van der Waals surface area contributed by atoms with Crippen molar-refractivity contribution < 1.29 is 22.0 Å². The molecule has 0 radical (unpaired) electrons. The SMILES string of the molecule is CCc1ccc(C(=O)CS(=O)(=O)c2ccc(F)c(F)c2)s1. The van der Waals surface area contributed by atoms with E-state index < -0.39 is 37.9 Å². The third-order valence-corrected chi connectivity index (χ3v) is 5.74. The Bertz CT molecular complexity index is 779. The van der Waals surface area contributed by atoms with Crippen LogP contribution in [0.5, 0.6) is 0 Å². The van der Waals surface area contributed by atoms with E-state index in [9.17, 15) is 22.0 Å². The molecule has 7 heteroatoms. The molecular formula is C14H12F2O3S2. The summed E-state index contributed by atoms with van der Waals surface area (Å²) < 4.78 is 50.0. The number of hydrogen-bond donors (Lipinski definition) is 0. The van der Waals surface area contributed by atoms with Gasteiger partial charge in [0.1, 0.15) is 5.75 Å². The number of hydrogen-bond acceptors (Lipinski definition) is 4. The molecule has 3 nitrogen and oxygen atoms in total. The van der Waals surface area contributed by atoms with Crippen LogP contribution < -0.4 is 0 Å². The van der Waals surface area contributed by atoms with Crippen LogP contribution in [-0.2, 0) is 16.3 Å². The first kappa shape index (κ1) is 15.8. The van der Waals surface area contributed by atoms with Crippen molar-refractivity contribution in [3.05, 3.63) is 51.7 Å². The summed E-state index contributed by atoms with van der Waals surface area (Å²) in [6.45, 7) is 1.93. The van der Waals surface area contributed by atoms with Gasteiger partial charge in [0.05, 0.1) is 9.77 Å². The molecule has 0 saturated carbocycles. The van der Waals surface area contributed by atoms with Crippen LogP contribution in [0.4, 0.5) is 8.78 Å². The molecule has 1 heterocycles. The Balaban J connectivity index is 2.24. The third-order valence-electron chi connectivity index (χ3n) is 2.86. The predicted molar refractivity (Wildman–Crippen MR) is 76.4 cm³/mol. The molecule has 0 amide bonds. The molecule has 0 atom stereocenters. The molecule has 21 heavy (non-hydrogen) atoms. The molecule has 0 N–H and O–H groups in total. The lowest BCUT2D eigenvalue weighted by Gasteiger charge is -2.03. The summed E-state index contributed by atoms with van der Waals surface area (Å²) in [5.74, 6) is -3.70. The molecule has 0 aliphatic rings. The first-order valence-electron chi connectivity index (χ1n) is 6.13. The van der Waals surface area contributed by atoms with E-state index in [1.165, 1.54) is 11.3 Å². The highest BCUT2D eigenvalue weighted by molar-refractivity contribution is 7.92. The van der Waals surface area contributed by atoms with Gasteiger partial charge in [-0.1, -0.05) is 6.92 Å². The zero-order valence-electron chi connectivity index (χ0n) is 11.1. The van der Waals surface area contributed by atoms with Crippen molar-refractivity contribution >= 4 is 27.0 Å². The van der Waals surface area contributed by atoms with Crippen LogP contribution in [0.1, 0.15) is 21.5 Å². The van der Waals surface area contributed by atoms with Gasteiger partial charge in [0.15, 0.2) is 27.3 Å². The van der Waals surface area contributed by atoms with Crippen molar-refractivity contribution in [3.63, 3.8) is 0 Å². The summed E-state index contributed by atoms with van der Waals surface area (Å²) in [6, 6.07) is 5.61. The summed E-state index contributed by atoms with van der Waals surface area (Å²) in [6.07, 6.45) is 0.758. The Morgan fingerprint density at radius 1 is 1.14 bits per heavy atom. The first-order valence-corrected chi connectivity index (χ1v) is 8.60. The van der Waals surface area contributed by atoms with Gasteiger partial charge in [-0.25, -0.2) is 17.2 Å². The van der Waals surface area contributed by atoms with E-state index in [0.717, 1.165) is 23.4 Å². The van der Waals surface area contributed by atoms with Crippen molar-refractivity contribution in [2.75, 3.05) is 5.75 Å². The maximum absolute atomic E-state index is 13.1. The number of carbonyl (C=O) groups is 1. The van der Waals surface area contributed by atoms with E-state index in [1.54, 1.807) is 12.1 Å². The number of thiophene rings is 1. The zero-order valence-corrected chi connectivity index (χ0v) is 12.7. The minimum Gasteiger partial charge on any atom is -0.292 e. The molecule has 0 saturated heterocycles. The molecule has 0 spiro atoms. The van der Waals surface area contributed by atoms with Crippen molar-refractivity contribution in [2.24, 2.45) is 0 Å². The highest BCUT2D eigenvalue weighted by Gasteiger charge is 2.22. The van der Waals surface area contributed by atoms with Gasteiger partial charge < -0.3 is 0 Å². The van der Waals surface area contributed by atoms with E-state index >= 15 is 0 Å². The fraction of sp³-hybridized carbons (Fsp3) is 0.214. The highest BCUT2D eigenvalue weighted by atomic mass is 32.2. The predicted octanol–water partition coefficient (Wildman–Crippen LogP) is 3.25. The minimum atomic E-state index is -3.99. The Hall–Kier alpha value is -1.60. The number of ketones is 1. The van der Waals surface area contributed by atoms with E-state index in [1.807, 2.05) is 6.92 Å². The fourth-order valence-corrected chi connectivity index (χ4v) is 3.92. The largest absolute Gasteiger partial charge is 0.292 e. The Kier molecular flexibility index (Phi) is 4.53. The van der Waals surface area contributed by atoms with Crippen molar-refractivity contribution in [1.82, 2.24) is 0 Å². The zero-order chi connectivity index (χ0) is 15.6. The van der Waals surface area contributed by atoms with Crippen LogP contribution in [0.2, 0.25) is 0 Å². The van der Waals surface area contributed by atoms with Gasteiger partial charge in [-0.2, -0.15) is 0 Å². The van der Waals surface area contributed by atoms with E-state index in [-0.39, 0.29) is 0 Å². The molecule has 2 rings (SSSR count). The number of carbonyl (C=O) groups excluding carboxylic acids is 1. The Morgan fingerprint density at radius 2 is 1.86 bits per heavy atom. The van der Waals surface area contributed by atoms with Gasteiger partial charge in [0.25, 0.3) is 0 Å². The van der Waals surface area contributed by atoms with Crippen LogP contribution in [0.3, 0.4) is 0 Å². The quantitative estimate of drug-likeness (QED) is 0.625. The van der Waals surface area contributed by atoms with E-state index in [4.69, 9.17) is 0 Å². The lowest BCUT2D eigenvalue weighted by Crippen LogP contribution is -2.16. The second-order valence-corrected chi connectivity index (χ2v) is 7.54. The smallest absolute Gasteiger partial charge is 0.188 e. The maximum Gasteiger partial charge on any atom is 0.188 e. The van der Waals surface area contributed by atoms with Gasteiger partial charge in [0, 0.05) is 4.88 Å². The molecule has 2 aromatic rings. The number of sulfone groups is 1. The summed E-state index contributed by atoms with van der Waals surface area (Å²) >= 11 is 1.23. The number of halogens is 2. The van der Waals surface area contributed by atoms with Crippen molar-refractivity contribution in [2.45, 2.75) is 18.2 Å². The van der Waals surface area contributed by atoms with Crippen molar-refractivity contribution in [1.29, 1.82) is 0 Å². The fourth-order valence-electron chi connectivity index (χ4n) is 1.72. The van der Waals surface area contributed by atoms with Gasteiger partial charge in [-0.3, -0.25) is 4.79 Å². The number of benzene rings is 1. The monoisotopic (exact) mass is 330 g/mol. The van der Waals surface area contributed by atoms with Crippen molar-refractivity contribution in [3.8, 4) is 0 Å². The average molecular weight is 330 g/mol. The van der Waals surface area contributed by atoms with Gasteiger partial charge in [0.2, 0.25) is 0 Å². The maximum atomic E-state index is 13.1. The standard InChI is InChI=1S/C14H12F2O3S2/c1-2-9-3-6-14(20-9)13(17)8-21(18,19)10-4-5-11(15)12(16)7-10/h3-7H,2,8H2,1H3. The van der Waals surface area contributed by atoms with Crippen LogP contribution in [-0.4, -0.2) is 20.0 Å². The van der Waals surface area contributed by atoms with Crippen LogP contribution in [0, 0.1) is 11.6 Å². The number of Topliss-reactive ketones (excluding diaryl/α,β-unsaturated/α-hetero) is 1. The second-order valence-electron chi connectivity index (χ2n) is 4.38. The third kappa shape index (κ3) is 3.54. The van der Waals surface area contributed by atoms with Gasteiger partial charge in [-0.05, 0) is 36.8 Å². The summed E-state index contributed by atoms with van der Waals surface area (Å²) in [5.41, 5.74) is 0. The van der Waals surface area contributed by atoms with E-state index in [2.05, 4.69) is 0 Å². The van der Waals surface area contributed by atoms with Gasteiger partial charge >= 0.3 is 0 Å². The molecule has 0 bridgehead atoms. The molecular weight excluding hydrogens is 318 g/mol. The summed E-state index contributed by atoms with van der Waals surface area (Å²) in [4.78, 5) is 12.9.